The molecule has 0 aromatic heterocycles. The summed E-state index contributed by atoms with van der Waals surface area (Å²) in [5, 5.41) is 10.2. The molecule has 0 aliphatic heterocycles. The molecule has 0 saturated carbocycles. The van der Waals surface area contributed by atoms with Crippen molar-refractivity contribution < 1.29 is 53.5 Å². The number of aliphatic hydroxyl groups is 1. The van der Waals surface area contributed by atoms with Crippen molar-refractivity contribution in [3.05, 3.63) is 0 Å². The summed E-state index contributed by atoms with van der Waals surface area (Å²) in [6.45, 7) is -3.89. The first-order valence-electron chi connectivity index (χ1n) is 8.62. The smallest absolute Gasteiger partial charge is 0.151 e. The van der Waals surface area contributed by atoms with Crippen molar-refractivity contribution >= 4 is 31.3 Å². The van der Waals surface area contributed by atoms with E-state index in [2.05, 4.69) is 0 Å². The Hall–Kier alpha value is -1.85. The van der Waals surface area contributed by atoms with E-state index in [0.717, 1.165) is 0 Å². The molecule has 10 heteroatoms. The minimum Gasteiger partial charge on any atom is -0.388 e. The molecule has 0 aromatic rings. The summed E-state index contributed by atoms with van der Waals surface area (Å²) >= 11 is 0. The van der Waals surface area contributed by atoms with Gasteiger partial charge in [-0.2, -0.15) is 0 Å². The minimum atomic E-state index is -1.69. The zero-order valence-corrected chi connectivity index (χ0v) is 12.5. The summed E-state index contributed by atoms with van der Waals surface area (Å²) in [5.74, 6) is 0. The van der Waals surface area contributed by atoms with Crippen molar-refractivity contribution in [3.63, 3.8) is 0 Å². The van der Waals surface area contributed by atoms with Crippen LogP contribution in [0.5, 0.6) is 0 Å². The highest BCUT2D eigenvalue weighted by atomic mass is 16.6. The van der Waals surface area contributed by atoms with Crippen LogP contribution in [0.15, 0.2) is 0 Å². The maximum absolute atomic E-state index is 11.3. The van der Waals surface area contributed by atoms with Gasteiger partial charge in [0, 0.05) is 0 Å². The highest BCUT2D eigenvalue weighted by molar-refractivity contribution is 5.59. The van der Waals surface area contributed by atoms with E-state index in [1.54, 1.807) is 0 Å². The second-order valence-corrected chi connectivity index (χ2v) is 4.12. The van der Waals surface area contributed by atoms with Crippen molar-refractivity contribution in [1.82, 2.24) is 0 Å². The van der Waals surface area contributed by atoms with Crippen LogP contribution in [0.4, 0.5) is 0 Å². The first-order valence-corrected chi connectivity index (χ1v) is 6.62. The minimum absolute atomic E-state index is 0.127. The second-order valence-electron chi connectivity index (χ2n) is 4.12. The first kappa shape index (κ1) is 15.7. The van der Waals surface area contributed by atoms with Crippen molar-refractivity contribution in [1.29, 1.82) is 0 Å². The van der Waals surface area contributed by atoms with Crippen molar-refractivity contribution in [3.8, 4) is 0 Å². The van der Waals surface area contributed by atoms with E-state index in [-0.39, 0.29) is 6.29 Å². The van der Waals surface area contributed by atoms with Gasteiger partial charge in [-0.1, -0.05) is 0 Å². The molecular weight excluding hydrogens is 328 g/mol. The van der Waals surface area contributed by atoms with Crippen molar-refractivity contribution in [2.24, 2.45) is 0 Å². The Balaban J connectivity index is 5.50. The molecule has 0 rings (SSSR count). The average molecular weight is 352 g/mol. The monoisotopic (exact) mass is 352 g/mol. The summed E-state index contributed by atoms with van der Waals surface area (Å²) in [5.41, 5.74) is 0. The van der Waals surface area contributed by atoms with E-state index in [9.17, 15) is 29.1 Å². The predicted molar refractivity (Wildman–Crippen MR) is 76.4 cm³/mol. The Morgan fingerprint density at radius 3 is 1.79 bits per heavy atom. The lowest BCUT2D eigenvalue weighted by Crippen LogP contribution is -2.51. The van der Waals surface area contributed by atoms with Crippen LogP contribution in [0.2, 0.25) is 0 Å². The number of aliphatic hydroxyl groups excluding tert-OH is 1. The van der Waals surface area contributed by atoms with Crippen molar-refractivity contribution in [2.45, 2.75) is 24.4 Å². The molecule has 0 fully saturated rings. The maximum Gasteiger partial charge on any atom is 0.151 e. The van der Waals surface area contributed by atoms with Crippen molar-refractivity contribution in [2.75, 3.05) is 33.0 Å². The van der Waals surface area contributed by atoms with Crippen LogP contribution in [-0.4, -0.2) is 93.9 Å². The summed E-state index contributed by atoms with van der Waals surface area (Å²) in [4.78, 5) is 54.4. The fourth-order valence-corrected chi connectivity index (χ4v) is 1.72. The molecule has 1 N–H and O–H groups in total. The average Bonchev–Trinajstić information content (AvgIpc) is 2.58. The fraction of sp³-hybridized carbons (Fsp3) is 0.643. The molecule has 0 heterocycles. The zero-order chi connectivity index (χ0) is 21.7. The van der Waals surface area contributed by atoms with Gasteiger partial charge in [-0.25, -0.2) is 0 Å². The molecule has 0 aliphatic rings. The van der Waals surface area contributed by atoms with Gasteiger partial charge in [0.05, 0.1) is 6.61 Å². The quantitative estimate of drug-likeness (QED) is 0.279. The Bertz CT molecular complexity index is 558. The van der Waals surface area contributed by atoms with Gasteiger partial charge in [0.2, 0.25) is 0 Å². The van der Waals surface area contributed by atoms with Gasteiger partial charge in [0.15, 0.2) is 6.29 Å². The lowest BCUT2D eigenvalue weighted by atomic mass is 10.0. The molecule has 0 saturated heterocycles. The summed E-state index contributed by atoms with van der Waals surface area (Å²) < 4.78 is 47.0. The number of aldehydes is 5. The third kappa shape index (κ3) is 8.70. The molecule has 0 radical (unpaired) electrons. The van der Waals surface area contributed by atoms with Gasteiger partial charge in [0.1, 0.15) is 81.4 Å². The number of hydrogen-bond acceptors (Lipinski definition) is 10. The molecule has 10 nitrogen and oxygen atoms in total. The third-order valence-corrected chi connectivity index (χ3v) is 2.61. The lowest BCUT2D eigenvalue weighted by Gasteiger charge is -2.32. The van der Waals surface area contributed by atoms with Gasteiger partial charge in [-0.15, -0.1) is 0 Å². The SMILES string of the molecule is [2H]C(=O)COC[C@@H](O)[C@H](OCC([2H])=O)[C@H](OCC([2H])=O)[C@H](C=O)OCC([2H])=O. The molecule has 4 atom stereocenters. The summed E-state index contributed by atoms with van der Waals surface area (Å²) in [6.07, 6.45) is -11.2. The second kappa shape index (κ2) is 14.7. The van der Waals surface area contributed by atoms with E-state index < -0.39 is 82.5 Å². The van der Waals surface area contributed by atoms with E-state index in [1.165, 1.54) is 0 Å². The van der Waals surface area contributed by atoms with Crippen LogP contribution in [0.1, 0.15) is 5.48 Å². The number of carbonyl (C=O) groups is 5. The molecule has 24 heavy (non-hydrogen) atoms. The van der Waals surface area contributed by atoms with Gasteiger partial charge in [-0.05, 0) is 0 Å². The highest BCUT2D eigenvalue weighted by Crippen LogP contribution is 2.15. The topological polar surface area (TPSA) is 143 Å². The van der Waals surface area contributed by atoms with E-state index in [1.807, 2.05) is 0 Å². The molecule has 136 valence electrons. The van der Waals surface area contributed by atoms with Crippen LogP contribution in [0.25, 0.3) is 0 Å². The standard InChI is InChI=1S/C14H20O10/c15-1-5-21-10-11(20)13(23-7-3-17)14(24-8-4-18)12(9-19)22-6-2-16/h1-4,9,11-14,20H,5-8,10H2/t11-,12+,13+,14-/m1/s1/i1D,2D,3D,4D. The molecule has 0 aliphatic carbocycles. The van der Waals surface area contributed by atoms with Gasteiger partial charge >= 0.3 is 0 Å². The summed E-state index contributed by atoms with van der Waals surface area (Å²) in [7, 11) is 0. The largest absolute Gasteiger partial charge is 0.388 e. The molecule has 0 amide bonds. The van der Waals surface area contributed by atoms with Crippen LogP contribution in [-0.2, 0) is 42.9 Å². The molecular formula is C14H20O10. The molecule has 0 bridgehead atoms. The van der Waals surface area contributed by atoms with Crippen LogP contribution in [0.3, 0.4) is 0 Å². The number of ether oxygens (including phenoxy) is 4. The Morgan fingerprint density at radius 1 is 0.792 bits per heavy atom. The third-order valence-electron chi connectivity index (χ3n) is 2.61. The van der Waals surface area contributed by atoms with Gasteiger partial charge in [-0.3, -0.25) is 0 Å². The van der Waals surface area contributed by atoms with E-state index in [0.29, 0.717) is 0 Å². The van der Waals surface area contributed by atoms with Crippen LogP contribution >= 0.6 is 0 Å². The van der Waals surface area contributed by atoms with E-state index >= 15 is 0 Å². The van der Waals surface area contributed by atoms with Gasteiger partial charge in [0.25, 0.3) is 0 Å². The number of hydrogen-bond donors (Lipinski definition) is 1. The fourth-order valence-electron chi connectivity index (χ4n) is 1.72. The molecule has 0 spiro atoms. The molecule has 0 unspecified atom stereocenters. The Kier molecular flexibility index (Phi) is 9.61. The maximum atomic E-state index is 11.3. The number of rotatable bonds is 17. The summed E-state index contributed by atoms with van der Waals surface area (Å²) in [6, 6.07) is 0. The molecule has 0 aromatic carbocycles. The van der Waals surface area contributed by atoms with Gasteiger partial charge < -0.3 is 48.0 Å². The van der Waals surface area contributed by atoms with Crippen LogP contribution in [0, 0.1) is 0 Å². The van der Waals surface area contributed by atoms with E-state index in [4.69, 9.17) is 24.4 Å². The Morgan fingerprint density at radius 2 is 1.29 bits per heavy atom. The Labute approximate surface area is 143 Å². The first-order chi connectivity index (χ1) is 13.1. The lowest BCUT2D eigenvalue weighted by molar-refractivity contribution is -0.176. The highest BCUT2D eigenvalue weighted by Gasteiger charge is 2.37. The zero-order valence-electron chi connectivity index (χ0n) is 16.5. The van der Waals surface area contributed by atoms with Crippen LogP contribution < -0.4 is 0 Å². The normalized spacial score (nSPS) is 18.0. The number of carbonyl (C=O) groups excluding carboxylic acids is 5. The predicted octanol–water partition coefficient (Wildman–Crippen LogP) is -2.49.